The van der Waals surface area contributed by atoms with Crippen LogP contribution in [0.15, 0.2) is 77.7 Å². The molecule has 0 saturated carbocycles. The number of piperidine rings is 1. The maximum absolute atomic E-state index is 13.8. The molecule has 2 unspecified atom stereocenters. The van der Waals surface area contributed by atoms with Gasteiger partial charge in [-0.15, -0.1) is 0 Å². The highest BCUT2D eigenvalue weighted by Crippen LogP contribution is 2.32. The molecule has 0 spiro atoms. The van der Waals surface area contributed by atoms with Crippen LogP contribution in [0.5, 0.6) is 0 Å². The van der Waals surface area contributed by atoms with E-state index in [9.17, 15) is 13.2 Å². The van der Waals surface area contributed by atoms with Gasteiger partial charge in [0.1, 0.15) is 0 Å². The van der Waals surface area contributed by atoms with Gasteiger partial charge < -0.3 is 0 Å². The summed E-state index contributed by atoms with van der Waals surface area (Å²) in [5.74, 6) is 0.427. The molecule has 0 aliphatic carbocycles. The molecule has 1 fully saturated rings. The summed E-state index contributed by atoms with van der Waals surface area (Å²) in [7, 11) is -3.61. The van der Waals surface area contributed by atoms with Gasteiger partial charge in [-0.25, -0.2) is 13.4 Å². The van der Waals surface area contributed by atoms with Gasteiger partial charge in [0, 0.05) is 18.7 Å². The zero-order valence-electron chi connectivity index (χ0n) is 21.3. The van der Waals surface area contributed by atoms with E-state index in [1.807, 2.05) is 49.4 Å². The highest BCUT2D eigenvalue weighted by Gasteiger charge is 2.32. The van der Waals surface area contributed by atoms with Gasteiger partial charge in [0.15, 0.2) is 5.13 Å². The van der Waals surface area contributed by atoms with Crippen LogP contribution in [-0.2, 0) is 16.6 Å². The summed E-state index contributed by atoms with van der Waals surface area (Å²) in [6, 6.07) is 22.2. The lowest BCUT2D eigenvalue weighted by atomic mass is 9.94. The third-order valence-electron chi connectivity index (χ3n) is 6.77. The number of carbonyl (C=O) groups is 1. The third kappa shape index (κ3) is 5.46. The lowest BCUT2D eigenvalue weighted by Gasteiger charge is -2.34. The number of aryl methyl sites for hydroxylation is 1. The van der Waals surface area contributed by atoms with Crippen molar-refractivity contribution in [3.05, 3.63) is 89.5 Å². The van der Waals surface area contributed by atoms with Gasteiger partial charge >= 0.3 is 0 Å². The van der Waals surface area contributed by atoms with Crippen molar-refractivity contribution < 1.29 is 13.2 Å². The predicted octanol–water partition coefficient (Wildman–Crippen LogP) is 6.12. The highest BCUT2D eigenvalue weighted by atomic mass is 32.2. The van der Waals surface area contributed by atoms with Crippen LogP contribution in [0.1, 0.15) is 41.8 Å². The fourth-order valence-electron chi connectivity index (χ4n) is 5.00. The number of benzene rings is 3. The lowest BCUT2D eigenvalue weighted by molar-refractivity contribution is 0.0985. The van der Waals surface area contributed by atoms with E-state index in [-0.39, 0.29) is 10.8 Å². The second-order valence-electron chi connectivity index (χ2n) is 10.1. The number of aromatic nitrogens is 1. The molecule has 3 aromatic carbocycles. The van der Waals surface area contributed by atoms with Crippen molar-refractivity contribution >= 4 is 42.6 Å². The molecule has 1 aromatic heterocycles. The Balaban J connectivity index is 1.45. The van der Waals surface area contributed by atoms with E-state index in [1.165, 1.54) is 11.3 Å². The summed E-state index contributed by atoms with van der Waals surface area (Å²) >= 11 is 1.48. The Labute approximate surface area is 222 Å². The molecule has 37 heavy (non-hydrogen) atoms. The van der Waals surface area contributed by atoms with E-state index in [4.69, 9.17) is 4.98 Å². The van der Waals surface area contributed by atoms with Crippen LogP contribution < -0.4 is 4.90 Å². The standard InChI is InChI=1S/C29H31N3O3S2/c1-20-9-14-26-27(16-20)36-29(30-26)32(19-23-7-5-4-6-8-23)28(33)24-10-12-25(13-11-24)37(34,35)31-17-21(2)15-22(3)18-31/h4-14,16,21-22H,15,17-19H2,1-3H3. The molecule has 8 heteroatoms. The van der Waals surface area contributed by atoms with Crippen molar-refractivity contribution in [2.24, 2.45) is 11.8 Å². The molecule has 1 aliphatic rings. The van der Waals surface area contributed by atoms with E-state index in [0.717, 1.165) is 27.8 Å². The van der Waals surface area contributed by atoms with E-state index in [0.29, 0.717) is 42.2 Å². The van der Waals surface area contributed by atoms with Crippen LogP contribution in [-0.4, -0.2) is 36.7 Å². The smallest absolute Gasteiger partial charge is 0.260 e. The fraction of sp³-hybridized carbons (Fsp3) is 0.310. The molecule has 0 N–H and O–H groups in total. The Morgan fingerprint density at radius 2 is 1.68 bits per heavy atom. The summed E-state index contributed by atoms with van der Waals surface area (Å²) in [6.07, 6.45) is 1.03. The first-order chi connectivity index (χ1) is 17.7. The quantitative estimate of drug-likeness (QED) is 0.299. The summed E-state index contributed by atoms with van der Waals surface area (Å²) in [6.45, 7) is 7.62. The van der Waals surface area contributed by atoms with Crippen molar-refractivity contribution in [1.82, 2.24) is 9.29 Å². The Kier molecular flexibility index (Phi) is 7.16. The SMILES string of the molecule is Cc1ccc2nc(N(Cc3ccccc3)C(=O)c3ccc(S(=O)(=O)N4CC(C)CC(C)C4)cc3)sc2c1. The van der Waals surface area contributed by atoms with Crippen LogP contribution in [0.2, 0.25) is 0 Å². The molecule has 1 saturated heterocycles. The minimum Gasteiger partial charge on any atom is -0.279 e. The number of sulfonamides is 1. The number of amides is 1. The first-order valence-electron chi connectivity index (χ1n) is 12.5. The van der Waals surface area contributed by atoms with Crippen molar-refractivity contribution in [2.75, 3.05) is 18.0 Å². The van der Waals surface area contributed by atoms with E-state index >= 15 is 0 Å². The molecule has 5 rings (SSSR count). The number of hydrogen-bond donors (Lipinski definition) is 0. The molecular weight excluding hydrogens is 502 g/mol. The van der Waals surface area contributed by atoms with E-state index in [2.05, 4.69) is 19.9 Å². The normalized spacial score (nSPS) is 18.7. The molecule has 192 valence electrons. The average molecular weight is 534 g/mol. The number of anilines is 1. The van der Waals surface area contributed by atoms with Gasteiger partial charge in [0.2, 0.25) is 10.0 Å². The molecule has 2 atom stereocenters. The van der Waals surface area contributed by atoms with E-state index < -0.39 is 10.0 Å². The minimum absolute atomic E-state index is 0.218. The first-order valence-corrected chi connectivity index (χ1v) is 14.8. The third-order valence-corrected chi connectivity index (χ3v) is 9.65. The fourth-order valence-corrected chi connectivity index (χ4v) is 7.74. The highest BCUT2D eigenvalue weighted by molar-refractivity contribution is 7.89. The van der Waals surface area contributed by atoms with Crippen LogP contribution in [0.3, 0.4) is 0 Å². The lowest BCUT2D eigenvalue weighted by Crippen LogP contribution is -2.42. The average Bonchev–Trinajstić information content (AvgIpc) is 3.30. The molecule has 0 radical (unpaired) electrons. The monoisotopic (exact) mass is 533 g/mol. The zero-order valence-corrected chi connectivity index (χ0v) is 22.9. The van der Waals surface area contributed by atoms with Gasteiger partial charge in [-0.05, 0) is 72.7 Å². The number of fused-ring (bicyclic) bond motifs is 1. The number of hydrogen-bond acceptors (Lipinski definition) is 5. The first kappa shape index (κ1) is 25.6. The number of thiazole rings is 1. The van der Waals surface area contributed by atoms with Crippen LogP contribution in [0, 0.1) is 18.8 Å². The Morgan fingerprint density at radius 1 is 1.00 bits per heavy atom. The van der Waals surface area contributed by atoms with Crippen LogP contribution in [0.25, 0.3) is 10.2 Å². The van der Waals surface area contributed by atoms with Gasteiger partial charge in [-0.2, -0.15) is 4.31 Å². The molecule has 0 bridgehead atoms. The Morgan fingerprint density at radius 3 is 2.35 bits per heavy atom. The number of carbonyl (C=O) groups excluding carboxylic acids is 1. The number of rotatable bonds is 6. The Hall–Kier alpha value is -3.07. The summed E-state index contributed by atoms with van der Waals surface area (Å²) in [5.41, 5.74) is 3.39. The molecule has 2 heterocycles. The maximum atomic E-state index is 13.8. The molecular formula is C29H31N3O3S2. The number of nitrogens with zero attached hydrogens (tertiary/aromatic N) is 3. The predicted molar refractivity (Wildman–Crippen MR) is 149 cm³/mol. The summed E-state index contributed by atoms with van der Waals surface area (Å²) in [4.78, 5) is 20.4. The molecule has 4 aromatic rings. The molecule has 6 nitrogen and oxygen atoms in total. The Bertz CT molecular complexity index is 1510. The van der Waals surface area contributed by atoms with Crippen molar-refractivity contribution in [3.8, 4) is 0 Å². The van der Waals surface area contributed by atoms with Crippen molar-refractivity contribution in [2.45, 2.75) is 38.6 Å². The molecule has 1 aliphatic heterocycles. The summed E-state index contributed by atoms with van der Waals surface area (Å²) in [5, 5.41) is 0.613. The topological polar surface area (TPSA) is 70.6 Å². The van der Waals surface area contributed by atoms with Gasteiger partial charge in [0.05, 0.1) is 21.7 Å². The second kappa shape index (κ2) is 10.4. The molecule has 1 amide bonds. The van der Waals surface area contributed by atoms with Crippen LogP contribution in [0.4, 0.5) is 5.13 Å². The minimum atomic E-state index is -3.61. The van der Waals surface area contributed by atoms with Crippen molar-refractivity contribution in [3.63, 3.8) is 0 Å². The van der Waals surface area contributed by atoms with Gasteiger partial charge in [-0.3, -0.25) is 9.69 Å². The largest absolute Gasteiger partial charge is 0.279 e. The van der Waals surface area contributed by atoms with Gasteiger partial charge in [-0.1, -0.05) is 61.6 Å². The second-order valence-corrected chi connectivity index (χ2v) is 13.1. The zero-order chi connectivity index (χ0) is 26.2. The summed E-state index contributed by atoms with van der Waals surface area (Å²) < 4.78 is 29.2. The van der Waals surface area contributed by atoms with Gasteiger partial charge in [0.25, 0.3) is 5.91 Å². The maximum Gasteiger partial charge on any atom is 0.260 e. The van der Waals surface area contributed by atoms with E-state index in [1.54, 1.807) is 33.5 Å². The van der Waals surface area contributed by atoms with Crippen molar-refractivity contribution in [1.29, 1.82) is 0 Å². The van der Waals surface area contributed by atoms with Crippen LogP contribution >= 0.6 is 11.3 Å².